The molecule has 3 aromatic rings. The molecule has 0 radical (unpaired) electrons. The van der Waals surface area contributed by atoms with E-state index in [1.807, 2.05) is 0 Å². The zero-order valence-electron chi connectivity index (χ0n) is 13.9. The highest BCUT2D eigenvalue weighted by Crippen LogP contribution is 2.26. The van der Waals surface area contributed by atoms with E-state index in [0.717, 1.165) is 0 Å². The molecule has 3 rings (SSSR count). The molecule has 0 amide bonds. The second kappa shape index (κ2) is 12.9. The molecular formula is C14H6Br4F4I2N6. The van der Waals surface area contributed by atoms with Crippen LogP contribution >= 0.6 is 109 Å². The van der Waals surface area contributed by atoms with Crippen LogP contribution in [0.4, 0.5) is 29.2 Å². The van der Waals surface area contributed by atoms with E-state index in [2.05, 4.69) is 83.7 Å². The number of hydrogen-bond acceptors (Lipinski definition) is 6. The molecule has 0 unspecified atom stereocenters. The Balaban J connectivity index is 0.000000229. The smallest absolute Gasteiger partial charge is 0.176 e. The molecular weight excluding hydrogens is 902 g/mol. The molecule has 1 aromatic carbocycles. The van der Waals surface area contributed by atoms with Crippen molar-refractivity contribution in [3.63, 3.8) is 0 Å². The lowest BCUT2D eigenvalue weighted by atomic mass is 10.3. The molecule has 0 aliphatic carbocycles. The monoisotopic (exact) mass is 904 g/mol. The maximum Gasteiger partial charge on any atom is 0.176 e. The molecule has 16 heteroatoms. The number of nitrogens with zero attached hydrogens (tertiary/aromatic N) is 4. The molecule has 30 heavy (non-hydrogen) atoms. The van der Waals surface area contributed by atoms with E-state index in [4.69, 9.17) is 11.5 Å². The molecule has 0 aliphatic heterocycles. The Morgan fingerprint density at radius 3 is 1.10 bits per heavy atom. The van der Waals surface area contributed by atoms with Crippen molar-refractivity contribution in [2.75, 3.05) is 11.5 Å². The average Bonchev–Trinajstić information content (AvgIpc) is 2.70. The van der Waals surface area contributed by atoms with E-state index in [1.165, 1.54) is 45.2 Å². The van der Waals surface area contributed by atoms with Crippen LogP contribution < -0.4 is 11.5 Å². The van der Waals surface area contributed by atoms with Crippen LogP contribution in [0.5, 0.6) is 0 Å². The van der Waals surface area contributed by atoms with Crippen molar-refractivity contribution in [1.82, 2.24) is 19.9 Å². The fourth-order valence-electron chi connectivity index (χ4n) is 1.29. The van der Waals surface area contributed by atoms with Crippen molar-refractivity contribution < 1.29 is 17.6 Å². The fraction of sp³-hybridized carbons (Fsp3) is 0. The quantitative estimate of drug-likeness (QED) is 0.114. The topological polar surface area (TPSA) is 104 Å². The first-order valence-corrected chi connectivity index (χ1v) is 12.2. The van der Waals surface area contributed by atoms with Gasteiger partial charge < -0.3 is 11.5 Å². The minimum absolute atomic E-state index is 0.401. The first kappa shape index (κ1) is 28.1. The number of hydrogen-bond donors (Lipinski definition) is 2. The van der Waals surface area contributed by atoms with Crippen molar-refractivity contribution in [3.8, 4) is 0 Å². The summed E-state index contributed by atoms with van der Waals surface area (Å²) in [5, 5.41) is 0. The summed E-state index contributed by atoms with van der Waals surface area (Å²) in [6.07, 6.45) is 3.08. The summed E-state index contributed by atoms with van der Waals surface area (Å²) < 4.78 is 51.7. The second-order valence-electron chi connectivity index (χ2n) is 4.62. The van der Waals surface area contributed by atoms with Crippen molar-refractivity contribution in [2.45, 2.75) is 0 Å². The van der Waals surface area contributed by atoms with Crippen molar-refractivity contribution >= 4 is 121 Å². The maximum atomic E-state index is 12.6. The maximum absolute atomic E-state index is 12.6. The summed E-state index contributed by atoms with van der Waals surface area (Å²) in [6, 6.07) is 0. The number of anilines is 2. The fourth-order valence-corrected chi connectivity index (χ4v) is 3.86. The van der Waals surface area contributed by atoms with Crippen molar-refractivity contribution in [3.05, 3.63) is 61.2 Å². The summed E-state index contributed by atoms with van der Waals surface area (Å²) in [7, 11) is 0. The largest absolute Gasteiger partial charge is 0.381 e. The third-order valence-electron chi connectivity index (χ3n) is 2.61. The molecule has 6 nitrogen and oxygen atoms in total. The van der Waals surface area contributed by atoms with Gasteiger partial charge in [0.25, 0.3) is 0 Å². The summed E-state index contributed by atoms with van der Waals surface area (Å²) in [4.78, 5) is 15.4. The van der Waals surface area contributed by atoms with Crippen LogP contribution in [-0.2, 0) is 0 Å². The van der Waals surface area contributed by atoms with E-state index in [-0.39, 0.29) is 0 Å². The van der Waals surface area contributed by atoms with Gasteiger partial charge in [-0.1, -0.05) is 0 Å². The van der Waals surface area contributed by atoms with Crippen LogP contribution in [0.1, 0.15) is 0 Å². The Hall–Kier alpha value is 0.0800. The van der Waals surface area contributed by atoms with Gasteiger partial charge in [0.05, 0.1) is 19.5 Å². The summed E-state index contributed by atoms with van der Waals surface area (Å²) in [5.41, 5.74) is 10.7. The predicted molar refractivity (Wildman–Crippen MR) is 135 cm³/mol. The number of benzene rings is 1. The van der Waals surface area contributed by atoms with Gasteiger partial charge in [-0.05, 0) is 109 Å². The number of nitrogen functional groups attached to an aromatic ring is 2. The molecule has 0 atom stereocenters. The van der Waals surface area contributed by atoms with Crippen LogP contribution in [-0.4, -0.2) is 19.9 Å². The Bertz CT molecular complexity index is 909. The summed E-state index contributed by atoms with van der Waals surface area (Å²) >= 11 is 14.9. The minimum Gasteiger partial charge on any atom is -0.381 e. The molecule has 4 N–H and O–H groups in total. The molecule has 0 fully saturated rings. The number of nitrogens with two attached hydrogens (primary N) is 2. The molecule has 2 aromatic heterocycles. The first-order valence-electron chi connectivity index (χ1n) is 6.90. The van der Waals surface area contributed by atoms with E-state index in [9.17, 15) is 17.6 Å². The van der Waals surface area contributed by atoms with E-state index in [0.29, 0.717) is 30.0 Å². The lowest BCUT2D eigenvalue weighted by Gasteiger charge is -2.02. The van der Waals surface area contributed by atoms with Gasteiger partial charge in [0.2, 0.25) is 0 Å². The Kier molecular flexibility index (Phi) is 12.1. The lowest BCUT2D eigenvalue weighted by molar-refractivity contribution is 0.437. The van der Waals surface area contributed by atoms with Crippen molar-refractivity contribution in [1.29, 1.82) is 0 Å². The van der Waals surface area contributed by atoms with Gasteiger partial charge in [-0.15, -0.1) is 0 Å². The number of rotatable bonds is 0. The Morgan fingerprint density at radius 1 is 0.633 bits per heavy atom. The average molecular weight is 908 g/mol. The molecule has 0 saturated heterocycles. The summed E-state index contributed by atoms with van der Waals surface area (Å²) in [6.45, 7) is 0. The van der Waals surface area contributed by atoms with Gasteiger partial charge in [0.15, 0.2) is 34.9 Å². The van der Waals surface area contributed by atoms with Crippen molar-refractivity contribution in [2.24, 2.45) is 0 Å². The van der Waals surface area contributed by atoms with E-state index in [1.54, 1.807) is 12.4 Å². The zero-order valence-corrected chi connectivity index (χ0v) is 24.5. The summed E-state index contributed by atoms with van der Waals surface area (Å²) in [5.74, 6) is -4.59. The van der Waals surface area contributed by atoms with Crippen LogP contribution in [0.25, 0.3) is 0 Å². The second-order valence-corrected chi connectivity index (χ2v) is 9.91. The van der Waals surface area contributed by atoms with Gasteiger partial charge in [0, 0.05) is 0 Å². The number of halogens is 10. The minimum atomic E-state index is -1.35. The predicted octanol–water partition coefficient (Wildman–Crippen LogP) is 6.62. The molecule has 162 valence electrons. The third kappa shape index (κ3) is 8.21. The molecule has 0 spiro atoms. The highest BCUT2D eigenvalue weighted by Gasteiger charge is 2.21. The highest BCUT2D eigenvalue weighted by atomic mass is 127. The van der Waals surface area contributed by atoms with E-state index < -0.39 is 30.4 Å². The first-order chi connectivity index (χ1) is 13.9. The van der Waals surface area contributed by atoms with Gasteiger partial charge >= 0.3 is 0 Å². The van der Waals surface area contributed by atoms with Crippen LogP contribution in [0.2, 0.25) is 0 Å². The van der Waals surface area contributed by atoms with E-state index >= 15 is 0 Å². The standard InChI is InChI=1S/C6F4I2.2C4H3Br2N3/c7-1-2(8)6(12)4(10)3(9)5(1)11;2*5-2-1-8-4(7)3(6)9-2/h;2*1H,(H2,7,8). The Morgan fingerprint density at radius 2 is 0.900 bits per heavy atom. The molecule has 2 heterocycles. The van der Waals surface area contributed by atoms with Gasteiger partial charge in [-0.3, -0.25) is 0 Å². The molecule has 0 saturated carbocycles. The SMILES string of the molecule is Fc1c(F)c(I)c(F)c(F)c1I.Nc1ncc(Br)nc1Br.Nc1ncc(Br)nc1Br. The van der Waals surface area contributed by atoms with Crippen LogP contribution in [0.15, 0.2) is 30.8 Å². The lowest BCUT2D eigenvalue weighted by Crippen LogP contribution is -2.02. The highest BCUT2D eigenvalue weighted by molar-refractivity contribution is 14.1. The normalized spacial score (nSPS) is 9.93. The number of aromatic nitrogens is 4. The van der Waals surface area contributed by atoms with Crippen LogP contribution in [0.3, 0.4) is 0 Å². The molecule has 0 aliphatic rings. The Labute approximate surface area is 228 Å². The zero-order chi connectivity index (χ0) is 23.2. The van der Waals surface area contributed by atoms with Crippen LogP contribution in [0, 0.1) is 30.4 Å². The third-order valence-corrected chi connectivity index (χ3v) is 6.43. The van der Waals surface area contributed by atoms with Gasteiger partial charge in [-0.25, -0.2) is 37.5 Å². The van der Waals surface area contributed by atoms with Gasteiger partial charge in [-0.2, -0.15) is 0 Å². The van der Waals surface area contributed by atoms with Gasteiger partial charge in [0.1, 0.15) is 18.4 Å². The molecule has 0 bridgehead atoms.